The number of aromatic nitrogens is 1. The average molecular weight is 392 g/mol. The van der Waals surface area contributed by atoms with Crippen molar-refractivity contribution in [2.45, 2.75) is 24.9 Å². The lowest BCUT2D eigenvalue weighted by molar-refractivity contribution is 0.0695. The van der Waals surface area contributed by atoms with Crippen LogP contribution in [-0.2, 0) is 4.84 Å². The molecule has 1 atom stereocenters. The number of carbonyl (C=O) groups is 1. The van der Waals surface area contributed by atoms with Gasteiger partial charge in [-0.1, -0.05) is 5.16 Å². The van der Waals surface area contributed by atoms with Gasteiger partial charge in [0.1, 0.15) is 24.2 Å². The SMILES string of the molecule is CO/N=C1\CN(c2c(F)cc3c(=O)c(C(=O)O)cn(C4CC4)c3c2F)CC1N. The van der Waals surface area contributed by atoms with E-state index in [1.165, 1.54) is 16.6 Å². The van der Waals surface area contributed by atoms with Crippen molar-refractivity contribution >= 4 is 28.3 Å². The molecule has 0 radical (unpaired) electrons. The lowest BCUT2D eigenvalue weighted by Gasteiger charge is -2.21. The zero-order chi connectivity index (χ0) is 20.2. The number of nitrogens with two attached hydrogens (primary N) is 1. The fourth-order valence-corrected chi connectivity index (χ4v) is 3.62. The molecule has 148 valence electrons. The Labute approximate surface area is 157 Å². The Morgan fingerprint density at radius 1 is 1.39 bits per heavy atom. The monoisotopic (exact) mass is 392 g/mol. The standard InChI is InChI=1S/C18H18F2N4O4/c1-28-22-13-7-23(6-12(13)21)16-11(19)4-9-15(14(16)20)24(8-2-3-8)5-10(17(9)25)18(26)27/h4-5,8,12H,2-3,6-7,21H2,1H3,(H,26,27)/b22-13+. The second kappa shape index (κ2) is 6.55. The second-order valence-electron chi connectivity index (χ2n) is 6.98. The third-order valence-corrected chi connectivity index (χ3v) is 5.08. The maximum absolute atomic E-state index is 15.5. The fraction of sp³-hybridized carbons (Fsp3) is 0.389. The predicted molar refractivity (Wildman–Crippen MR) is 98.0 cm³/mol. The molecule has 2 aromatic rings. The third kappa shape index (κ3) is 2.80. The van der Waals surface area contributed by atoms with E-state index in [4.69, 9.17) is 10.6 Å². The Hall–Kier alpha value is -3.01. The minimum atomic E-state index is -1.43. The van der Waals surface area contributed by atoms with Gasteiger partial charge in [0.05, 0.1) is 29.2 Å². The van der Waals surface area contributed by atoms with E-state index in [-0.39, 0.29) is 35.7 Å². The number of fused-ring (bicyclic) bond motifs is 1. The first-order chi connectivity index (χ1) is 13.3. The quantitative estimate of drug-likeness (QED) is 0.763. The molecule has 1 unspecified atom stereocenters. The van der Waals surface area contributed by atoms with E-state index >= 15 is 4.39 Å². The molecule has 2 heterocycles. The van der Waals surface area contributed by atoms with Gasteiger partial charge in [-0.25, -0.2) is 13.6 Å². The molecule has 0 bridgehead atoms. The van der Waals surface area contributed by atoms with E-state index in [2.05, 4.69) is 5.16 Å². The average Bonchev–Trinajstić information content (AvgIpc) is 3.41. The van der Waals surface area contributed by atoms with Crippen LogP contribution < -0.4 is 16.1 Å². The van der Waals surface area contributed by atoms with Gasteiger partial charge < -0.3 is 25.1 Å². The number of nitrogens with zero attached hydrogens (tertiary/aromatic N) is 3. The summed E-state index contributed by atoms with van der Waals surface area (Å²) in [5.41, 5.74) is 4.56. The topological polar surface area (TPSA) is 110 Å². The number of hydrogen-bond donors (Lipinski definition) is 2. The number of anilines is 1. The molecule has 2 aliphatic rings. The zero-order valence-corrected chi connectivity index (χ0v) is 15.0. The molecule has 1 aliphatic carbocycles. The highest BCUT2D eigenvalue weighted by Crippen LogP contribution is 2.39. The number of halogens is 2. The van der Waals surface area contributed by atoms with Crippen molar-refractivity contribution in [3.05, 3.63) is 39.7 Å². The van der Waals surface area contributed by atoms with Gasteiger partial charge in [0, 0.05) is 18.8 Å². The highest BCUT2D eigenvalue weighted by molar-refractivity contribution is 5.98. The maximum atomic E-state index is 15.5. The minimum absolute atomic E-state index is 0.0786. The van der Waals surface area contributed by atoms with Crippen LogP contribution in [0.5, 0.6) is 0 Å². The number of carboxylic acids is 1. The van der Waals surface area contributed by atoms with Crippen LogP contribution in [0.4, 0.5) is 14.5 Å². The van der Waals surface area contributed by atoms with Crippen molar-refractivity contribution in [1.29, 1.82) is 0 Å². The predicted octanol–water partition coefficient (Wildman–Crippen LogP) is 1.46. The van der Waals surface area contributed by atoms with Crippen LogP contribution in [0.15, 0.2) is 22.2 Å². The molecule has 2 fully saturated rings. The molecule has 1 aliphatic heterocycles. The summed E-state index contributed by atoms with van der Waals surface area (Å²) < 4.78 is 31.8. The van der Waals surface area contributed by atoms with Crippen LogP contribution in [0, 0.1) is 11.6 Å². The molecule has 0 amide bonds. The fourth-order valence-electron chi connectivity index (χ4n) is 3.62. The number of benzene rings is 1. The number of oxime groups is 1. The van der Waals surface area contributed by atoms with Crippen molar-refractivity contribution in [3.63, 3.8) is 0 Å². The van der Waals surface area contributed by atoms with Crippen molar-refractivity contribution in [2.24, 2.45) is 10.9 Å². The van der Waals surface area contributed by atoms with Gasteiger partial charge >= 0.3 is 5.97 Å². The number of hydrogen-bond acceptors (Lipinski definition) is 6. The highest BCUT2D eigenvalue weighted by atomic mass is 19.1. The maximum Gasteiger partial charge on any atom is 0.341 e. The summed E-state index contributed by atoms with van der Waals surface area (Å²) in [6.07, 6.45) is 2.59. The number of pyridine rings is 1. The van der Waals surface area contributed by atoms with Crippen molar-refractivity contribution in [3.8, 4) is 0 Å². The van der Waals surface area contributed by atoms with E-state index in [0.717, 1.165) is 25.1 Å². The van der Waals surface area contributed by atoms with Crippen LogP contribution >= 0.6 is 0 Å². The molecule has 4 rings (SSSR count). The number of aromatic carboxylic acids is 1. The first-order valence-electron chi connectivity index (χ1n) is 8.74. The summed E-state index contributed by atoms with van der Waals surface area (Å²) in [6, 6.07) is 0.230. The van der Waals surface area contributed by atoms with Gasteiger partial charge in [-0.05, 0) is 18.9 Å². The molecular formula is C18H18F2N4O4. The molecule has 1 aromatic carbocycles. The van der Waals surface area contributed by atoms with Gasteiger partial charge in [0.15, 0.2) is 5.82 Å². The Morgan fingerprint density at radius 3 is 2.71 bits per heavy atom. The Bertz CT molecular complexity index is 1080. The van der Waals surface area contributed by atoms with Gasteiger partial charge in [-0.3, -0.25) is 4.79 Å². The van der Waals surface area contributed by atoms with Crippen LogP contribution in [0.2, 0.25) is 0 Å². The van der Waals surface area contributed by atoms with E-state index in [1.54, 1.807) is 0 Å². The highest BCUT2D eigenvalue weighted by Gasteiger charge is 2.34. The van der Waals surface area contributed by atoms with E-state index in [9.17, 15) is 19.1 Å². The van der Waals surface area contributed by atoms with E-state index in [1.807, 2.05) is 0 Å². The van der Waals surface area contributed by atoms with Gasteiger partial charge in [-0.15, -0.1) is 0 Å². The third-order valence-electron chi connectivity index (χ3n) is 5.08. The van der Waals surface area contributed by atoms with Crippen molar-refractivity contribution in [2.75, 3.05) is 25.1 Å². The molecule has 8 nitrogen and oxygen atoms in total. The number of carboxylic acid groups (broad SMARTS) is 1. The van der Waals surface area contributed by atoms with Gasteiger partial charge in [-0.2, -0.15) is 0 Å². The van der Waals surface area contributed by atoms with E-state index in [0.29, 0.717) is 5.71 Å². The molecule has 3 N–H and O–H groups in total. The molecule has 1 aromatic heterocycles. The summed E-state index contributed by atoms with van der Waals surface area (Å²) >= 11 is 0. The molecule has 1 saturated heterocycles. The van der Waals surface area contributed by atoms with Gasteiger partial charge in [0.25, 0.3) is 0 Å². The summed E-state index contributed by atoms with van der Waals surface area (Å²) in [5.74, 6) is -3.31. The van der Waals surface area contributed by atoms with Gasteiger partial charge in [0.2, 0.25) is 5.43 Å². The van der Waals surface area contributed by atoms with Crippen LogP contribution in [-0.4, -0.2) is 47.6 Å². The zero-order valence-electron chi connectivity index (χ0n) is 15.0. The first-order valence-corrected chi connectivity index (χ1v) is 8.74. The Balaban J connectivity index is 1.95. The van der Waals surface area contributed by atoms with E-state index < -0.39 is 34.6 Å². The summed E-state index contributed by atoms with van der Waals surface area (Å²) in [7, 11) is 1.36. The molecule has 1 saturated carbocycles. The number of rotatable bonds is 4. The molecule has 0 spiro atoms. The Kier molecular flexibility index (Phi) is 4.30. The summed E-state index contributed by atoms with van der Waals surface area (Å²) in [4.78, 5) is 30.0. The largest absolute Gasteiger partial charge is 0.477 e. The Morgan fingerprint density at radius 2 is 2.11 bits per heavy atom. The van der Waals surface area contributed by atoms with Crippen LogP contribution in [0.1, 0.15) is 29.2 Å². The lowest BCUT2D eigenvalue weighted by atomic mass is 10.1. The van der Waals surface area contributed by atoms with Crippen molar-refractivity contribution < 1.29 is 23.5 Å². The smallest absolute Gasteiger partial charge is 0.341 e. The first kappa shape index (κ1) is 18.4. The summed E-state index contributed by atoms with van der Waals surface area (Å²) in [6.45, 7) is 0.206. The molecule has 28 heavy (non-hydrogen) atoms. The normalized spacial score (nSPS) is 20.9. The van der Waals surface area contributed by atoms with Crippen LogP contribution in [0.25, 0.3) is 10.9 Å². The van der Waals surface area contributed by atoms with Crippen LogP contribution in [0.3, 0.4) is 0 Å². The second-order valence-corrected chi connectivity index (χ2v) is 6.98. The molecule has 10 heteroatoms. The lowest BCUT2D eigenvalue weighted by Crippen LogP contribution is -2.30. The molecular weight excluding hydrogens is 374 g/mol. The minimum Gasteiger partial charge on any atom is -0.477 e. The summed E-state index contributed by atoms with van der Waals surface area (Å²) in [5, 5.41) is 12.8. The van der Waals surface area contributed by atoms with Crippen molar-refractivity contribution in [1.82, 2.24) is 4.57 Å².